The number of hydrogen-bond acceptors (Lipinski definition) is 2. The van der Waals surface area contributed by atoms with Crippen molar-refractivity contribution < 1.29 is 8.78 Å². The van der Waals surface area contributed by atoms with E-state index in [9.17, 15) is 8.78 Å². The lowest BCUT2D eigenvalue weighted by Crippen LogP contribution is -2.45. The molecule has 0 saturated carbocycles. The summed E-state index contributed by atoms with van der Waals surface area (Å²) in [7, 11) is 0. The molecule has 2 rings (SSSR count). The van der Waals surface area contributed by atoms with Crippen LogP contribution >= 0.6 is 0 Å². The Morgan fingerprint density at radius 2 is 2.06 bits per heavy atom. The molecule has 1 aliphatic heterocycles. The zero-order valence-corrected chi connectivity index (χ0v) is 10.8. The molecule has 2 nitrogen and oxygen atoms in total. The lowest BCUT2D eigenvalue weighted by Gasteiger charge is -2.35. The quantitative estimate of drug-likeness (QED) is 0.888. The van der Waals surface area contributed by atoms with Crippen molar-refractivity contribution in [1.29, 1.82) is 0 Å². The smallest absolute Gasteiger partial charge is 0.126 e. The molecule has 1 saturated heterocycles. The fourth-order valence-corrected chi connectivity index (χ4v) is 2.53. The largest absolute Gasteiger partial charge is 0.314 e. The highest BCUT2D eigenvalue weighted by Crippen LogP contribution is 2.26. The van der Waals surface area contributed by atoms with Gasteiger partial charge in [-0.05, 0) is 30.5 Å². The van der Waals surface area contributed by atoms with Gasteiger partial charge in [0.2, 0.25) is 0 Å². The number of aryl methyl sites for hydroxylation is 1. The molecule has 1 fully saturated rings. The van der Waals surface area contributed by atoms with Crippen molar-refractivity contribution in [2.45, 2.75) is 19.4 Å². The van der Waals surface area contributed by atoms with Gasteiger partial charge in [0.15, 0.2) is 0 Å². The molecule has 100 valence electrons. The van der Waals surface area contributed by atoms with Gasteiger partial charge in [0.05, 0.1) is 6.67 Å². The number of benzene rings is 1. The second-order valence-corrected chi connectivity index (χ2v) is 4.79. The molecular weight excluding hydrogens is 234 g/mol. The van der Waals surface area contributed by atoms with Crippen LogP contribution in [0.1, 0.15) is 23.6 Å². The summed E-state index contributed by atoms with van der Waals surface area (Å²) in [5.41, 5.74) is 1.65. The van der Waals surface area contributed by atoms with E-state index in [0.29, 0.717) is 12.0 Å². The Balaban J connectivity index is 2.19. The Bertz CT molecular complexity index is 389. The van der Waals surface area contributed by atoms with Crippen LogP contribution in [0.2, 0.25) is 0 Å². The molecule has 0 radical (unpaired) electrons. The van der Waals surface area contributed by atoms with E-state index in [2.05, 4.69) is 10.2 Å². The zero-order valence-electron chi connectivity index (χ0n) is 10.8. The van der Waals surface area contributed by atoms with Crippen LogP contribution in [0.3, 0.4) is 0 Å². The Labute approximate surface area is 107 Å². The highest BCUT2D eigenvalue weighted by atomic mass is 19.1. The predicted molar refractivity (Wildman–Crippen MR) is 68.9 cm³/mol. The lowest BCUT2D eigenvalue weighted by atomic mass is 9.99. The third kappa shape index (κ3) is 3.06. The van der Waals surface area contributed by atoms with E-state index in [-0.39, 0.29) is 18.5 Å². The molecule has 0 spiro atoms. The third-order valence-electron chi connectivity index (χ3n) is 3.54. The topological polar surface area (TPSA) is 15.3 Å². The Morgan fingerprint density at radius 3 is 2.67 bits per heavy atom. The summed E-state index contributed by atoms with van der Waals surface area (Å²) >= 11 is 0. The highest BCUT2D eigenvalue weighted by Gasteiger charge is 2.22. The number of rotatable bonds is 4. The van der Waals surface area contributed by atoms with Crippen LogP contribution in [0.5, 0.6) is 0 Å². The van der Waals surface area contributed by atoms with Crippen LogP contribution in [0.15, 0.2) is 18.2 Å². The molecule has 0 amide bonds. The SMILES string of the molecule is Cc1cc([C@H](CCF)N2CCNCC2)ccc1F. The summed E-state index contributed by atoms with van der Waals surface area (Å²) in [6, 6.07) is 5.18. The van der Waals surface area contributed by atoms with Gasteiger partial charge in [0.25, 0.3) is 0 Å². The molecule has 1 atom stereocenters. The maximum Gasteiger partial charge on any atom is 0.126 e. The third-order valence-corrected chi connectivity index (χ3v) is 3.54. The Morgan fingerprint density at radius 1 is 1.33 bits per heavy atom. The van der Waals surface area contributed by atoms with Crippen molar-refractivity contribution in [3.8, 4) is 0 Å². The first kappa shape index (κ1) is 13.4. The van der Waals surface area contributed by atoms with Crippen molar-refractivity contribution in [2.75, 3.05) is 32.9 Å². The second kappa shape index (κ2) is 6.25. The van der Waals surface area contributed by atoms with Crippen LogP contribution in [0.4, 0.5) is 8.78 Å². The maximum absolute atomic E-state index is 13.3. The first-order chi connectivity index (χ1) is 8.72. The molecule has 1 aromatic carbocycles. The van der Waals surface area contributed by atoms with Crippen LogP contribution in [-0.4, -0.2) is 37.8 Å². The van der Waals surface area contributed by atoms with E-state index in [1.54, 1.807) is 13.0 Å². The maximum atomic E-state index is 13.3. The van der Waals surface area contributed by atoms with Gasteiger partial charge in [-0.2, -0.15) is 0 Å². The number of halogens is 2. The molecule has 0 unspecified atom stereocenters. The first-order valence-corrected chi connectivity index (χ1v) is 6.49. The summed E-state index contributed by atoms with van der Waals surface area (Å²) < 4.78 is 26.0. The number of nitrogens with one attached hydrogen (secondary N) is 1. The summed E-state index contributed by atoms with van der Waals surface area (Å²) in [6.45, 7) is 5.11. The fourth-order valence-electron chi connectivity index (χ4n) is 2.53. The van der Waals surface area contributed by atoms with E-state index in [1.165, 1.54) is 6.07 Å². The van der Waals surface area contributed by atoms with Gasteiger partial charge in [-0.1, -0.05) is 12.1 Å². The average Bonchev–Trinajstić information content (AvgIpc) is 2.40. The van der Waals surface area contributed by atoms with E-state index in [0.717, 1.165) is 31.7 Å². The van der Waals surface area contributed by atoms with Crippen LogP contribution in [0, 0.1) is 12.7 Å². The molecular formula is C14H20F2N2. The molecule has 1 aromatic rings. The van der Waals surface area contributed by atoms with Crippen molar-refractivity contribution >= 4 is 0 Å². The average molecular weight is 254 g/mol. The highest BCUT2D eigenvalue weighted by molar-refractivity contribution is 5.26. The minimum atomic E-state index is -0.342. The molecule has 18 heavy (non-hydrogen) atoms. The van der Waals surface area contributed by atoms with Gasteiger partial charge in [-0.25, -0.2) is 4.39 Å². The number of alkyl halides is 1. The molecule has 0 aliphatic carbocycles. The normalized spacial score (nSPS) is 18.8. The van der Waals surface area contributed by atoms with E-state index < -0.39 is 0 Å². The van der Waals surface area contributed by atoms with E-state index in [1.807, 2.05) is 6.07 Å². The summed E-state index contributed by atoms with van der Waals surface area (Å²) in [5.74, 6) is -0.196. The van der Waals surface area contributed by atoms with Gasteiger partial charge in [-0.15, -0.1) is 0 Å². The van der Waals surface area contributed by atoms with E-state index in [4.69, 9.17) is 0 Å². The molecule has 1 aliphatic rings. The van der Waals surface area contributed by atoms with Gasteiger partial charge in [0.1, 0.15) is 5.82 Å². The standard InChI is InChI=1S/C14H20F2N2/c1-11-10-12(2-3-13(11)16)14(4-5-15)18-8-6-17-7-9-18/h2-3,10,14,17H,4-9H2,1H3/t14-/m0/s1. The molecule has 0 aromatic heterocycles. The minimum absolute atomic E-state index is 0.0661. The fraction of sp³-hybridized carbons (Fsp3) is 0.571. The summed E-state index contributed by atoms with van der Waals surface area (Å²) in [4.78, 5) is 2.28. The predicted octanol–water partition coefficient (Wildman–Crippen LogP) is 2.44. The molecule has 1 heterocycles. The van der Waals surface area contributed by atoms with Crippen molar-refractivity contribution in [2.24, 2.45) is 0 Å². The van der Waals surface area contributed by atoms with Gasteiger partial charge >= 0.3 is 0 Å². The summed E-state index contributed by atoms with van der Waals surface area (Å²) in [6.07, 6.45) is 0.477. The lowest BCUT2D eigenvalue weighted by molar-refractivity contribution is 0.157. The van der Waals surface area contributed by atoms with Gasteiger partial charge in [-0.3, -0.25) is 9.29 Å². The number of piperazine rings is 1. The zero-order chi connectivity index (χ0) is 13.0. The molecule has 4 heteroatoms. The van der Waals surface area contributed by atoms with Crippen LogP contribution < -0.4 is 5.32 Å². The first-order valence-electron chi connectivity index (χ1n) is 6.49. The van der Waals surface area contributed by atoms with Crippen molar-refractivity contribution in [1.82, 2.24) is 10.2 Å². The Kier molecular flexibility index (Phi) is 4.66. The molecule has 0 bridgehead atoms. The number of nitrogens with zero attached hydrogens (tertiary/aromatic N) is 1. The molecule has 1 N–H and O–H groups in total. The van der Waals surface area contributed by atoms with Crippen LogP contribution in [-0.2, 0) is 0 Å². The minimum Gasteiger partial charge on any atom is -0.314 e. The van der Waals surface area contributed by atoms with Crippen molar-refractivity contribution in [3.63, 3.8) is 0 Å². The monoisotopic (exact) mass is 254 g/mol. The second-order valence-electron chi connectivity index (χ2n) is 4.79. The van der Waals surface area contributed by atoms with E-state index >= 15 is 0 Å². The van der Waals surface area contributed by atoms with Gasteiger partial charge in [0, 0.05) is 32.2 Å². The van der Waals surface area contributed by atoms with Crippen molar-refractivity contribution in [3.05, 3.63) is 35.1 Å². The number of hydrogen-bond donors (Lipinski definition) is 1. The summed E-state index contributed by atoms with van der Waals surface area (Å²) in [5, 5.41) is 3.29. The van der Waals surface area contributed by atoms with Crippen LogP contribution in [0.25, 0.3) is 0 Å². The van der Waals surface area contributed by atoms with Gasteiger partial charge < -0.3 is 5.32 Å². The Hall–Kier alpha value is -1.00.